The average molecular weight is 211 g/mol. The van der Waals surface area contributed by atoms with E-state index in [2.05, 4.69) is 9.97 Å². The van der Waals surface area contributed by atoms with Crippen molar-refractivity contribution in [3.05, 3.63) is 35.0 Å². The van der Waals surface area contributed by atoms with Gasteiger partial charge in [0, 0.05) is 11.8 Å². The maximum Gasteiger partial charge on any atom is 0.140 e. The molecular formula is C10H8ClFN2. The van der Waals surface area contributed by atoms with Crippen LogP contribution in [0.1, 0.15) is 12.7 Å². The van der Waals surface area contributed by atoms with Crippen molar-refractivity contribution in [1.29, 1.82) is 0 Å². The predicted molar refractivity (Wildman–Crippen MR) is 53.9 cm³/mol. The third-order valence-corrected chi connectivity index (χ3v) is 2.26. The van der Waals surface area contributed by atoms with E-state index in [1.807, 2.05) is 6.92 Å². The summed E-state index contributed by atoms with van der Waals surface area (Å²) in [4.78, 5) is 8.28. The van der Waals surface area contributed by atoms with Gasteiger partial charge in [-0.3, -0.25) is 0 Å². The minimum Gasteiger partial charge on any atom is -0.233 e. The lowest BCUT2D eigenvalue weighted by atomic mass is 10.2. The Morgan fingerprint density at radius 1 is 1.36 bits per heavy atom. The van der Waals surface area contributed by atoms with Gasteiger partial charge in [0.1, 0.15) is 16.8 Å². The van der Waals surface area contributed by atoms with Crippen LogP contribution in [0.3, 0.4) is 0 Å². The number of aryl methyl sites for hydroxylation is 1. The van der Waals surface area contributed by atoms with Gasteiger partial charge >= 0.3 is 0 Å². The van der Waals surface area contributed by atoms with Crippen LogP contribution < -0.4 is 0 Å². The predicted octanol–water partition coefficient (Wildman–Crippen LogP) is 2.98. The first-order valence-corrected chi connectivity index (χ1v) is 4.70. The van der Waals surface area contributed by atoms with E-state index in [1.54, 1.807) is 6.07 Å². The van der Waals surface area contributed by atoms with Crippen molar-refractivity contribution in [3.8, 4) is 0 Å². The monoisotopic (exact) mass is 210 g/mol. The lowest BCUT2D eigenvalue weighted by Crippen LogP contribution is -1.94. The first-order valence-electron chi connectivity index (χ1n) is 4.32. The molecule has 0 amide bonds. The van der Waals surface area contributed by atoms with E-state index < -0.39 is 0 Å². The van der Waals surface area contributed by atoms with Gasteiger partial charge in [-0.1, -0.05) is 18.5 Å². The van der Waals surface area contributed by atoms with Crippen LogP contribution in [0.4, 0.5) is 4.39 Å². The molecule has 0 N–H and O–H groups in total. The Labute approximate surface area is 85.8 Å². The van der Waals surface area contributed by atoms with Gasteiger partial charge in [0.15, 0.2) is 0 Å². The van der Waals surface area contributed by atoms with E-state index in [4.69, 9.17) is 11.6 Å². The molecule has 2 aromatic rings. The van der Waals surface area contributed by atoms with Crippen molar-refractivity contribution >= 4 is 22.5 Å². The van der Waals surface area contributed by atoms with Crippen LogP contribution in [0.15, 0.2) is 18.2 Å². The van der Waals surface area contributed by atoms with Crippen LogP contribution in [0.5, 0.6) is 0 Å². The van der Waals surface area contributed by atoms with Crippen molar-refractivity contribution in [2.75, 3.05) is 0 Å². The molecule has 0 spiro atoms. The van der Waals surface area contributed by atoms with Gasteiger partial charge < -0.3 is 0 Å². The minimum absolute atomic E-state index is 0.311. The molecule has 72 valence electrons. The fraction of sp³-hybridized carbons (Fsp3) is 0.200. The third kappa shape index (κ3) is 1.55. The highest BCUT2D eigenvalue weighted by molar-refractivity contribution is 6.34. The Hall–Kier alpha value is -1.22. The molecule has 14 heavy (non-hydrogen) atoms. The number of rotatable bonds is 1. The molecule has 1 aromatic heterocycles. The zero-order chi connectivity index (χ0) is 10.1. The van der Waals surface area contributed by atoms with Gasteiger partial charge in [-0.25, -0.2) is 14.4 Å². The number of hydrogen-bond acceptors (Lipinski definition) is 2. The SMILES string of the molecule is CCc1nc(Cl)c2cc(F)ccc2n1. The van der Waals surface area contributed by atoms with Crippen LogP contribution in [0.2, 0.25) is 5.15 Å². The highest BCUT2D eigenvalue weighted by Gasteiger charge is 2.05. The van der Waals surface area contributed by atoms with E-state index in [0.717, 1.165) is 0 Å². The summed E-state index contributed by atoms with van der Waals surface area (Å²) in [5, 5.41) is 0.871. The molecule has 0 saturated carbocycles. The molecule has 2 rings (SSSR count). The molecule has 4 heteroatoms. The van der Waals surface area contributed by atoms with Gasteiger partial charge in [-0.15, -0.1) is 0 Å². The second kappa shape index (κ2) is 3.50. The van der Waals surface area contributed by atoms with Gasteiger partial charge in [0.2, 0.25) is 0 Å². The van der Waals surface area contributed by atoms with Crippen LogP contribution in [-0.2, 0) is 6.42 Å². The fourth-order valence-electron chi connectivity index (χ4n) is 1.27. The van der Waals surface area contributed by atoms with Crippen LogP contribution >= 0.6 is 11.6 Å². The van der Waals surface area contributed by atoms with Crippen LogP contribution in [0.25, 0.3) is 10.9 Å². The van der Waals surface area contributed by atoms with E-state index in [1.165, 1.54) is 12.1 Å². The van der Waals surface area contributed by atoms with Crippen LogP contribution in [0, 0.1) is 5.82 Å². The van der Waals surface area contributed by atoms with Crippen molar-refractivity contribution in [2.45, 2.75) is 13.3 Å². The number of benzene rings is 1. The maximum absolute atomic E-state index is 12.9. The molecule has 0 radical (unpaired) electrons. The fourth-order valence-corrected chi connectivity index (χ4v) is 1.52. The van der Waals surface area contributed by atoms with Gasteiger partial charge in [0.25, 0.3) is 0 Å². The molecule has 0 unspecified atom stereocenters. The number of aromatic nitrogens is 2. The highest BCUT2D eigenvalue weighted by Crippen LogP contribution is 2.21. The van der Waals surface area contributed by atoms with Crippen molar-refractivity contribution in [1.82, 2.24) is 9.97 Å². The first-order chi connectivity index (χ1) is 6.70. The maximum atomic E-state index is 12.9. The zero-order valence-corrected chi connectivity index (χ0v) is 8.35. The number of nitrogens with zero attached hydrogens (tertiary/aromatic N) is 2. The molecule has 0 bridgehead atoms. The lowest BCUT2D eigenvalue weighted by molar-refractivity contribution is 0.629. The zero-order valence-electron chi connectivity index (χ0n) is 7.59. The van der Waals surface area contributed by atoms with Crippen molar-refractivity contribution in [3.63, 3.8) is 0 Å². The van der Waals surface area contributed by atoms with Gasteiger partial charge in [-0.2, -0.15) is 0 Å². The summed E-state index contributed by atoms with van der Waals surface area (Å²) in [6.07, 6.45) is 0.715. The van der Waals surface area contributed by atoms with Crippen LogP contribution in [-0.4, -0.2) is 9.97 Å². The molecule has 0 atom stereocenters. The van der Waals surface area contributed by atoms with Crippen molar-refractivity contribution < 1.29 is 4.39 Å². The van der Waals surface area contributed by atoms with Crippen molar-refractivity contribution in [2.24, 2.45) is 0 Å². The largest absolute Gasteiger partial charge is 0.233 e. The second-order valence-electron chi connectivity index (χ2n) is 2.95. The second-order valence-corrected chi connectivity index (χ2v) is 3.30. The molecule has 0 aliphatic rings. The molecule has 0 aliphatic carbocycles. The molecule has 0 saturated heterocycles. The highest BCUT2D eigenvalue weighted by atomic mass is 35.5. The summed E-state index contributed by atoms with van der Waals surface area (Å²) in [6.45, 7) is 1.95. The Morgan fingerprint density at radius 3 is 2.86 bits per heavy atom. The minimum atomic E-state index is -0.327. The Bertz CT molecular complexity index is 485. The number of hydrogen-bond donors (Lipinski definition) is 0. The average Bonchev–Trinajstić information content (AvgIpc) is 2.19. The normalized spacial score (nSPS) is 10.8. The number of fused-ring (bicyclic) bond motifs is 1. The molecule has 1 aromatic carbocycles. The Balaban J connectivity index is 2.76. The standard InChI is InChI=1S/C10H8ClFN2/c1-2-9-13-8-4-3-6(12)5-7(8)10(11)14-9/h3-5H,2H2,1H3. The molecule has 1 heterocycles. The summed E-state index contributed by atoms with van der Waals surface area (Å²) < 4.78 is 12.9. The summed E-state index contributed by atoms with van der Waals surface area (Å²) in [6, 6.07) is 4.32. The molecule has 0 aliphatic heterocycles. The van der Waals surface area contributed by atoms with E-state index >= 15 is 0 Å². The third-order valence-electron chi connectivity index (χ3n) is 1.97. The van der Waals surface area contributed by atoms with E-state index in [9.17, 15) is 4.39 Å². The summed E-state index contributed by atoms with van der Waals surface area (Å²) >= 11 is 5.90. The smallest absolute Gasteiger partial charge is 0.140 e. The molecule has 0 fully saturated rings. The summed E-state index contributed by atoms with van der Waals surface area (Å²) in [7, 11) is 0. The van der Waals surface area contributed by atoms with E-state index in [0.29, 0.717) is 28.3 Å². The first kappa shape index (κ1) is 9.34. The molecular weight excluding hydrogens is 203 g/mol. The number of halogens is 2. The molecule has 2 nitrogen and oxygen atoms in total. The van der Waals surface area contributed by atoms with Gasteiger partial charge in [-0.05, 0) is 18.2 Å². The summed E-state index contributed by atoms with van der Waals surface area (Å²) in [5.41, 5.74) is 0.684. The Morgan fingerprint density at radius 2 is 2.14 bits per heavy atom. The Kier molecular flexibility index (Phi) is 2.33. The van der Waals surface area contributed by atoms with E-state index in [-0.39, 0.29) is 5.82 Å². The lowest BCUT2D eigenvalue weighted by Gasteiger charge is -2.02. The summed E-state index contributed by atoms with van der Waals surface area (Å²) in [5.74, 6) is 0.348. The quantitative estimate of drug-likeness (QED) is 0.677. The topological polar surface area (TPSA) is 25.8 Å². The van der Waals surface area contributed by atoms with Gasteiger partial charge in [0.05, 0.1) is 5.52 Å².